The average molecular weight is 651 g/mol. The van der Waals surface area contributed by atoms with Crippen LogP contribution in [-0.2, 0) is 17.3 Å². The molecular formula is C32H30F4N8OS. The van der Waals surface area contributed by atoms with E-state index in [-0.39, 0.29) is 5.11 Å². The molecule has 0 unspecified atom stereocenters. The minimum Gasteiger partial charge on any atom is -0.379 e. The molecule has 6 rings (SSSR count). The summed E-state index contributed by atoms with van der Waals surface area (Å²) in [6, 6.07) is 20.2. The van der Waals surface area contributed by atoms with E-state index in [2.05, 4.69) is 30.9 Å². The number of nitrogens with one attached hydrogen (secondary N) is 3. The molecule has 2 aromatic heterocycles. The maximum Gasteiger partial charge on any atom is 0.421 e. The van der Waals surface area contributed by atoms with Crippen LogP contribution in [0.15, 0.2) is 79.1 Å². The number of aromatic nitrogens is 4. The molecule has 14 heteroatoms. The van der Waals surface area contributed by atoms with Crippen LogP contribution >= 0.6 is 12.2 Å². The van der Waals surface area contributed by atoms with E-state index in [1.807, 2.05) is 42.5 Å². The Labute approximate surface area is 267 Å². The molecule has 0 spiro atoms. The maximum absolute atomic E-state index is 14.0. The Morgan fingerprint density at radius 1 is 0.913 bits per heavy atom. The van der Waals surface area contributed by atoms with Gasteiger partial charge in [0.25, 0.3) is 0 Å². The third-order valence-electron chi connectivity index (χ3n) is 7.51. The molecular weight excluding hydrogens is 620 g/mol. The van der Waals surface area contributed by atoms with E-state index in [0.717, 1.165) is 67.2 Å². The molecule has 46 heavy (non-hydrogen) atoms. The van der Waals surface area contributed by atoms with Gasteiger partial charge in [0.15, 0.2) is 10.8 Å². The molecule has 0 atom stereocenters. The van der Waals surface area contributed by atoms with Crippen molar-refractivity contribution in [2.45, 2.75) is 12.6 Å². The second-order valence-electron chi connectivity index (χ2n) is 10.6. The van der Waals surface area contributed by atoms with E-state index in [1.54, 1.807) is 16.9 Å². The van der Waals surface area contributed by atoms with Gasteiger partial charge in [-0.2, -0.15) is 18.0 Å². The monoisotopic (exact) mass is 650 g/mol. The summed E-state index contributed by atoms with van der Waals surface area (Å²) in [5.74, 6) is -1.39. The van der Waals surface area contributed by atoms with Gasteiger partial charge in [-0.15, -0.1) is 5.10 Å². The van der Waals surface area contributed by atoms with Crippen LogP contribution in [0.4, 0.5) is 28.9 Å². The Balaban J connectivity index is 1.25. The molecule has 1 fully saturated rings. The van der Waals surface area contributed by atoms with Crippen LogP contribution in [-0.4, -0.2) is 69.3 Å². The molecule has 0 saturated carbocycles. The molecule has 9 nitrogen and oxygen atoms in total. The SMILES string of the molecule is Fc1cccc(NC(=S)Nc2ccc(-c3nn(NCCN4CCOCC4)c4ncnc(Cc5ccccc5)c34)cc2)c1C(F)(F)F. The fraction of sp³-hybridized carbons (Fsp3) is 0.250. The highest BCUT2D eigenvalue weighted by atomic mass is 32.1. The molecule has 0 radical (unpaired) electrons. The van der Waals surface area contributed by atoms with Crippen LogP contribution in [0.2, 0.25) is 0 Å². The Morgan fingerprint density at radius 3 is 2.41 bits per heavy atom. The number of halogens is 4. The van der Waals surface area contributed by atoms with Crippen molar-refractivity contribution < 1.29 is 22.3 Å². The lowest BCUT2D eigenvalue weighted by Crippen LogP contribution is -2.40. The van der Waals surface area contributed by atoms with Crippen LogP contribution in [0.25, 0.3) is 22.3 Å². The van der Waals surface area contributed by atoms with Crippen LogP contribution in [0.1, 0.15) is 16.8 Å². The number of morpholine rings is 1. The molecule has 3 heterocycles. The van der Waals surface area contributed by atoms with E-state index >= 15 is 0 Å². The van der Waals surface area contributed by atoms with Crippen molar-refractivity contribution >= 4 is 39.7 Å². The zero-order valence-corrected chi connectivity index (χ0v) is 25.3. The van der Waals surface area contributed by atoms with Crippen LogP contribution in [0, 0.1) is 5.82 Å². The minimum atomic E-state index is -4.89. The summed E-state index contributed by atoms with van der Waals surface area (Å²) < 4.78 is 59.8. The van der Waals surface area contributed by atoms with Gasteiger partial charge in [0, 0.05) is 43.9 Å². The van der Waals surface area contributed by atoms with Gasteiger partial charge in [0.1, 0.15) is 23.4 Å². The zero-order chi connectivity index (χ0) is 32.1. The van der Waals surface area contributed by atoms with Gasteiger partial charge in [-0.05, 0) is 42.0 Å². The fourth-order valence-electron chi connectivity index (χ4n) is 5.30. The van der Waals surface area contributed by atoms with Crippen molar-refractivity contribution in [3.05, 3.63) is 102 Å². The van der Waals surface area contributed by atoms with Crippen molar-refractivity contribution in [1.29, 1.82) is 0 Å². The van der Waals surface area contributed by atoms with E-state index < -0.39 is 23.2 Å². The summed E-state index contributed by atoms with van der Waals surface area (Å²) in [4.78, 5) is 13.2. The van der Waals surface area contributed by atoms with E-state index in [9.17, 15) is 17.6 Å². The molecule has 0 aliphatic carbocycles. The Bertz CT molecular complexity index is 1810. The van der Waals surface area contributed by atoms with Gasteiger partial charge in [-0.25, -0.2) is 14.4 Å². The lowest BCUT2D eigenvalue weighted by atomic mass is 10.0. The van der Waals surface area contributed by atoms with Crippen molar-refractivity contribution in [3.8, 4) is 11.3 Å². The third kappa shape index (κ3) is 7.25. The van der Waals surface area contributed by atoms with Crippen LogP contribution in [0.3, 0.4) is 0 Å². The highest BCUT2D eigenvalue weighted by Gasteiger charge is 2.37. The molecule has 5 aromatic rings. The van der Waals surface area contributed by atoms with Gasteiger partial charge < -0.3 is 20.8 Å². The summed E-state index contributed by atoms with van der Waals surface area (Å²) in [7, 11) is 0. The predicted molar refractivity (Wildman–Crippen MR) is 173 cm³/mol. The first kappa shape index (κ1) is 31.3. The van der Waals surface area contributed by atoms with Crippen LogP contribution in [0.5, 0.6) is 0 Å². The van der Waals surface area contributed by atoms with E-state index in [4.69, 9.17) is 22.1 Å². The van der Waals surface area contributed by atoms with Crippen molar-refractivity contribution in [2.24, 2.45) is 0 Å². The number of nitrogens with zero attached hydrogens (tertiary/aromatic N) is 5. The number of anilines is 2. The fourth-order valence-corrected chi connectivity index (χ4v) is 5.53. The topological polar surface area (TPSA) is 92.2 Å². The van der Waals surface area contributed by atoms with Crippen molar-refractivity contribution in [1.82, 2.24) is 24.8 Å². The first-order chi connectivity index (χ1) is 22.3. The van der Waals surface area contributed by atoms with E-state index in [0.29, 0.717) is 30.0 Å². The van der Waals surface area contributed by atoms with Gasteiger partial charge >= 0.3 is 6.18 Å². The molecule has 1 saturated heterocycles. The van der Waals surface area contributed by atoms with Gasteiger partial charge in [-0.3, -0.25) is 4.90 Å². The molecule has 0 amide bonds. The average Bonchev–Trinajstić information content (AvgIpc) is 3.41. The number of benzene rings is 3. The number of hydrogen-bond acceptors (Lipinski definition) is 7. The number of rotatable bonds is 9. The number of fused-ring (bicyclic) bond motifs is 1. The normalized spacial score (nSPS) is 13.9. The second-order valence-corrected chi connectivity index (χ2v) is 11.0. The van der Waals surface area contributed by atoms with Gasteiger partial charge in [-0.1, -0.05) is 48.5 Å². The summed E-state index contributed by atoms with van der Waals surface area (Å²) in [6.45, 7) is 4.65. The highest BCUT2D eigenvalue weighted by molar-refractivity contribution is 7.80. The number of hydrogen-bond donors (Lipinski definition) is 3. The molecule has 0 bridgehead atoms. The molecule has 3 aromatic carbocycles. The summed E-state index contributed by atoms with van der Waals surface area (Å²) in [6.07, 6.45) is -2.78. The largest absolute Gasteiger partial charge is 0.421 e. The quantitative estimate of drug-likeness (QED) is 0.133. The number of ether oxygens (including phenoxy) is 1. The van der Waals surface area contributed by atoms with Gasteiger partial charge in [0.05, 0.1) is 30.0 Å². The minimum absolute atomic E-state index is 0.124. The molecule has 1 aliphatic rings. The van der Waals surface area contributed by atoms with E-state index in [1.165, 1.54) is 12.4 Å². The lowest BCUT2D eigenvalue weighted by molar-refractivity contribution is -0.139. The van der Waals surface area contributed by atoms with Crippen LogP contribution < -0.4 is 16.1 Å². The smallest absolute Gasteiger partial charge is 0.379 e. The summed E-state index contributed by atoms with van der Waals surface area (Å²) in [5.41, 5.74) is 5.99. The number of alkyl halides is 3. The maximum atomic E-state index is 14.0. The molecule has 1 aliphatic heterocycles. The second kappa shape index (κ2) is 13.8. The Morgan fingerprint density at radius 2 is 1.67 bits per heavy atom. The van der Waals surface area contributed by atoms with Gasteiger partial charge in [0.2, 0.25) is 0 Å². The number of thiocarbonyl (C=S) groups is 1. The standard InChI is InChI=1S/C32H30F4N8OS/c33-24-7-4-8-25(28(24)32(34,35)36)41-31(46)40-23-11-9-22(10-12-23)29-27-26(19-21-5-2-1-3-6-21)37-20-38-30(27)44(42-29)39-13-14-43-15-17-45-18-16-43/h1-12,20,39H,13-19H2,(H2,40,41,46). The van der Waals surface area contributed by atoms with Crippen molar-refractivity contribution in [3.63, 3.8) is 0 Å². The molecule has 238 valence electrons. The summed E-state index contributed by atoms with van der Waals surface area (Å²) >= 11 is 5.24. The third-order valence-corrected chi connectivity index (χ3v) is 7.72. The zero-order valence-electron chi connectivity index (χ0n) is 24.5. The Hall–Kier alpha value is -4.66. The lowest BCUT2D eigenvalue weighted by Gasteiger charge is -2.26. The summed E-state index contributed by atoms with van der Waals surface area (Å²) in [5, 5.41) is 10.9. The Kier molecular flexibility index (Phi) is 9.38. The first-order valence-electron chi connectivity index (χ1n) is 14.6. The highest BCUT2D eigenvalue weighted by Crippen LogP contribution is 2.37. The predicted octanol–water partition coefficient (Wildman–Crippen LogP) is 5.93. The van der Waals surface area contributed by atoms with Crippen molar-refractivity contribution in [2.75, 3.05) is 55.5 Å². The molecule has 3 N–H and O–H groups in total. The first-order valence-corrected chi connectivity index (χ1v) is 15.0.